The average Bonchev–Trinajstić information content (AvgIpc) is 3.14. The second kappa shape index (κ2) is 7.47. The molecule has 6 heteroatoms. The molecule has 0 amide bonds. The van der Waals surface area contributed by atoms with E-state index in [1.54, 1.807) is 0 Å². The molecule has 26 heavy (non-hydrogen) atoms. The van der Waals surface area contributed by atoms with Crippen molar-refractivity contribution < 1.29 is 5.11 Å². The maximum absolute atomic E-state index is 11.0. The van der Waals surface area contributed by atoms with E-state index in [4.69, 9.17) is 10.7 Å². The van der Waals surface area contributed by atoms with Crippen molar-refractivity contribution in [1.29, 1.82) is 0 Å². The van der Waals surface area contributed by atoms with E-state index in [1.807, 2.05) is 18.2 Å². The number of likely N-dealkylation sites (tertiary alicyclic amines) is 1. The van der Waals surface area contributed by atoms with Crippen LogP contribution >= 0.6 is 0 Å². The van der Waals surface area contributed by atoms with Gasteiger partial charge in [-0.15, -0.1) is 0 Å². The first-order chi connectivity index (χ1) is 12.7. The molecule has 0 aliphatic carbocycles. The molecule has 0 spiro atoms. The molecule has 2 saturated heterocycles. The summed E-state index contributed by atoms with van der Waals surface area (Å²) in [4.78, 5) is 14.2. The number of aromatic nitrogens is 2. The number of hydrogen-bond acceptors (Lipinski definition) is 6. The summed E-state index contributed by atoms with van der Waals surface area (Å²) in [6.07, 6.45) is 4.78. The van der Waals surface area contributed by atoms with Crippen LogP contribution in [0.3, 0.4) is 0 Å². The Hall–Kier alpha value is -1.76. The lowest BCUT2D eigenvalue weighted by atomic mass is 9.90. The lowest BCUT2D eigenvalue weighted by Gasteiger charge is -2.41. The van der Waals surface area contributed by atoms with Crippen LogP contribution in [0, 0.1) is 0 Å². The van der Waals surface area contributed by atoms with Gasteiger partial charge in [0.05, 0.1) is 11.1 Å². The smallest absolute Gasteiger partial charge is 0.140 e. The highest BCUT2D eigenvalue weighted by Crippen LogP contribution is 2.31. The first-order valence-corrected chi connectivity index (χ1v) is 9.82. The van der Waals surface area contributed by atoms with Crippen LogP contribution in [-0.2, 0) is 6.42 Å². The van der Waals surface area contributed by atoms with Crippen molar-refractivity contribution in [1.82, 2.24) is 14.9 Å². The summed E-state index contributed by atoms with van der Waals surface area (Å²) in [5.74, 6) is 1.79. The van der Waals surface area contributed by atoms with Gasteiger partial charge < -0.3 is 20.6 Å². The van der Waals surface area contributed by atoms with Crippen molar-refractivity contribution in [3.05, 3.63) is 30.1 Å². The second-order valence-corrected chi connectivity index (χ2v) is 7.71. The first-order valence-electron chi connectivity index (χ1n) is 9.82. The highest BCUT2D eigenvalue weighted by atomic mass is 16.3. The van der Waals surface area contributed by atoms with Crippen molar-refractivity contribution in [2.45, 2.75) is 37.7 Å². The number of nitrogens with two attached hydrogens (primary N) is 1. The molecule has 140 valence electrons. The second-order valence-electron chi connectivity index (χ2n) is 7.71. The van der Waals surface area contributed by atoms with Crippen LogP contribution in [0.25, 0.3) is 10.9 Å². The lowest BCUT2D eigenvalue weighted by molar-refractivity contribution is -0.0111. The van der Waals surface area contributed by atoms with E-state index in [0.29, 0.717) is 13.0 Å². The number of para-hydroxylation sites is 1. The standard InChI is InChI=1S/C20H29N5O/c21-10-7-18-22-17-6-2-1-5-16(17)19(23-18)25-13-8-20(26,9-14-25)15-24-11-3-4-12-24/h1-2,5-6,26H,3-4,7-15,21H2. The summed E-state index contributed by atoms with van der Waals surface area (Å²) in [5, 5.41) is 12.1. The number of nitrogens with zero attached hydrogens (tertiary/aromatic N) is 4. The van der Waals surface area contributed by atoms with Crippen molar-refractivity contribution in [2.24, 2.45) is 5.73 Å². The van der Waals surface area contributed by atoms with Crippen molar-refractivity contribution in [3.63, 3.8) is 0 Å². The maximum Gasteiger partial charge on any atom is 0.140 e. The first kappa shape index (κ1) is 17.6. The topological polar surface area (TPSA) is 78.5 Å². The Labute approximate surface area is 155 Å². The molecular weight excluding hydrogens is 326 g/mol. The predicted molar refractivity (Wildman–Crippen MR) is 104 cm³/mol. The van der Waals surface area contributed by atoms with Crippen LogP contribution in [0.5, 0.6) is 0 Å². The van der Waals surface area contributed by atoms with E-state index < -0.39 is 5.60 Å². The maximum atomic E-state index is 11.0. The lowest BCUT2D eigenvalue weighted by Crippen LogP contribution is -2.50. The molecule has 0 atom stereocenters. The van der Waals surface area contributed by atoms with Crippen LogP contribution in [0.15, 0.2) is 24.3 Å². The van der Waals surface area contributed by atoms with Gasteiger partial charge in [-0.05, 0) is 57.5 Å². The number of aliphatic hydroxyl groups is 1. The Morgan fingerprint density at radius 2 is 1.77 bits per heavy atom. The van der Waals surface area contributed by atoms with Gasteiger partial charge in [-0.1, -0.05) is 12.1 Å². The number of piperidine rings is 1. The number of anilines is 1. The molecule has 0 bridgehead atoms. The quantitative estimate of drug-likeness (QED) is 0.847. The summed E-state index contributed by atoms with van der Waals surface area (Å²) < 4.78 is 0. The highest BCUT2D eigenvalue weighted by Gasteiger charge is 2.35. The molecule has 2 aliphatic heterocycles. The Morgan fingerprint density at radius 3 is 2.50 bits per heavy atom. The molecule has 0 radical (unpaired) electrons. The molecule has 0 saturated carbocycles. The SMILES string of the molecule is NCCc1nc(N2CCC(O)(CN3CCCC3)CC2)c2ccccc2n1. The van der Waals surface area contributed by atoms with Crippen LogP contribution < -0.4 is 10.6 Å². The normalized spacial score (nSPS) is 20.8. The Morgan fingerprint density at radius 1 is 1.04 bits per heavy atom. The average molecular weight is 355 g/mol. The van der Waals surface area contributed by atoms with Gasteiger partial charge in [-0.25, -0.2) is 9.97 Å². The van der Waals surface area contributed by atoms with E-state index in [9.17, 15) is 5.11 Å². The summed E-state index contributed by atoms with van der Waals surface area (Å²) >= 11 is 0. The number of benzene rings is 1. The minimum Gasteiger partial charge on any atom is -0.388 e. The van der Waals surface area contributed by atoms with E-state index in [-0.39, 0.29) is 0 Å². The molecular formula is C20H29N5O. The van der Waals surface area contributed by atoms with Gasteiger partial charge in [0.25, 0.3) is 0 Å². The fourth-order valence-electron chi connectivity index (χ4n) is 4.24. The predicted octanol–water partition coefficient (Wildman–Crippen LogP) is 1.56. The van der Waals surface area contributed by atoms with Gasteiger partial charge in [-0.2, -0.15) is 0 Å². The van der Waals surface area contributed by atoms with Gasteiger partial charge >= 0.3 is 0 Å². The summed E-state index contributed by atoms with van der Waals surface area (Å²) in [7, 11) is 0. The molecule has 4 rings (SSSR count). The Balaban J connectivity index is 1.53. The van der Waals surface area contributed by atoms with Crippen LogP contribution in [0.4, 0.5) is 5.82 Å². The monoisotopic (exact) mass is 355 g/mol. The third-order valence-corrected chi connectivity index (χ3v) is 5.71. The van der Waals surface area contributed by atoms with Gasteiger partial charge in [0, 0.05) is 31.4 Å². The molecule has 1 aromatic heterocycles. The van der Waals surface area contributed by atoms with Crippen LogP contribution in [0.1, 0.15) is 31.5 Å². The summed E-state index contributed by atoms with van der Waals surface area (Å²) in [6, 6.07) is 8.16. The molecule has 1 aromatic carbocycles. The zero-order valence-corrected chi connectivity index (χ0v) is 15.4. The molecule has 2 fully saturated rings. The summed E-state index contributed by atoms with van der Waals surface area (Å²) in [6.45, 7) is 5.27. The minimum absolute atomic E-state index is 0.549. The third kappa shape index (κ3) is 3.68. The zero-order chi connectivity index (χ0) is 18.0. The van der Waals surface area contributed by atoms with Gasteiger partial charge in [0.15, 0.2) is 0 Å². The largest absolute Gasteiger partial charge is 0.388 e. The molecule has 0 unspecified atom stereocenters. The fourth-order valence-corrected chi connectivity index (χ4v) is 4.24. The zero-order valence-electron chi connectivity index (χ0n) is 15.4. The molecule has 2 aromatic rings. The minimum atomic E-state index is -0.566. The summed E-state index contributed by atoms with van der Waals surface area (Å²) in [5.41, 5.74) is 6.12. The van der Waals surface area contributed by atoms with E-state index >= 15 is 0 Å². The van der Waals surface area contributed by atoms with E-state index in [1.165, 1.54) is 12.8 Å². The van der Waals surface area contributed by atoms with Crippen LogP contribution in [-0.4, -0.2) is 64.8 Å². The van der Waals surface area contributed by atoms with Gasteiger partial charge in [0.2, 0.25) is 0 Å². The number of fused-ring (bicyclic) bond motifs is 1. The Kier molecular flexibility index (Phi) is 5.07. The fraction of sp³-hybridized carbons (Fsp3) is 0.600. The number of rotatable bonds is 5. The molecule has 3 heterocycles. The van der Waals surface area contributed by atoms with Gasteiger partial charge in [0.1, 0.15) is 11.6 Å². The third-order valence-electron chi connectivity index (χ3n) is 5.71. The van der Waals surface area contributed by atoms with Crippen molar-refractivity contribution in [3.8, 4) is 0 Å². The number of β-amino-alcohol motifs (C(OH)–C–C–N with tert-alkyl or cyclic N) is 1. The number of hydrogen-bond donors (Lipinski definition) is 2. The molecule has 2 aliphatic rings. The Bertz CT molecular complexity index is 751. The van der Waals surface area contributed by atoms with E-state index in [0.717, 1.165) is 68.1 Å². The van der Waals surface area contributed by atoms with Crippen LogP contribution in [0.2, 0.25) is 0 Å². The van der Waals surface area contributed by atoms with Crippen molar-refractivity contribution in [2.75, 3.05) is 44.2 Å². The van der Waals surface area contributed by atoms with Crippen molar-refractivity contribution >= 4 is 16.7 Å². The molecule has 3 N–H and O–H groups in total. The van der Waals surface area contributed by atoms with Gasteiger partial charge in [-0.3, -0.25) is 0 Å². The highest BCUT2D eigenvalue weighted by molar-refractivity contribution is 5.89. The molecule has 6 nitrogen and oxygen atoms in total. The van der Waals surface area contributed by atoms with E-state index in [2.05, 4.69) is 20.9 Å².